The molecule has 0 bridgehead atoms. The van der Waals surface area contributed by atoms with Crippen LogP contribution in [0.5, 0.6) is 0 Å². The van der Waals surface area contributed by atoms with Crippen molar-refractivity contribution in [3.63, 3.8) is 0 Å². The Bertz CT molecular complexity index is 434. The molecule has 0 aliphatic rings. The fourth-order valence-corrected chi connectivity index (χ4v) is 4.13. The standard InChI is InChI=1S/C19H30F9I/c1-2-3-4-5-6-7-8-9-10-11-12-13-15(29)14-16(20,18(23,24)25)17(21,22)19(26,27)28/h15H,2-14H2,1H3. The van der Waals surface area contributed by atoms with E-state index in [-0.39, 0.29) is 6.42 Å². The second-order valence-corrected chi connectivity index (χ2v) is 9.26. The van der Waals surface area contributed by atoms with Gasteiger partial charge in [0.2, 0.25) is 0 Å². The van der Waals surface area contributed by atoms with Crippen molar-refractivity contribution in [3.05, 3.63) is 0 Å². The minimum atomic E-state index is -6.62. The summed E-state index contributed by atoms with van der Waals surface area (Å²) in [5.74, 6) is -6.50. The van der Waals surface area contributed by atoms with Crippen LogP contribution in [0.1, 0.15) is 90.4 Å². The van der Waals surface area contributed by atoms with Crippen LogP contribution in [-0.2, 0) is 0 Å². The van der Waals surface area contributed by atoms with E-state index in [0.717, 1.165) is 32.1 Å². The largest absolute Gasteiger partial charge is 0.457 e. The quantitative estimate of drug-likeness (QED) is 0.0816. The van der Waals surface area contributed by atoms with E-state index in [2.05, 4.69) is 6.92 Å². The third-order valence-corrected chi connectivity index (χ3v) is 5.99. The molecule has 10 heteroatoms. The lowest BCUT2D eigenvalue weighted by atomic mass is 9.89. The normalized spacial score (nSPS) is 16.7. The van der Waals surface area contributed by atoms with Crippen LogP contribution < -0.4 is 0 Å². The summed E-state index contributed by atoms with van der Waals surface area (Å²) in [7, 11) is 0. The molecule has 0 saturated heterocycles. The Hall–Kier alpha value is 0.1000. The second-order valence-electron chi connectivity index (χ2n) is 7.50. The third kappa shape index (κ3) is 9.41. The van der Waals surface area contributed by atoms with Gasteiger partial charge < -0.3 is 0 Å². The summed E-state index contributed by atoms with van der Waals surface area (Å²) in [6.45, 7) is 2.14. The first kappa shape index (κ1) is 29.1. The Balaban J connectivity index is 4.31. The summed E-state index contributed by atoms with van der Waals surface area (Å²) in [5.41, 5.74) is -5.64. The predicted molar refractivity (Wildman–Crippen MR) is 104 cm³/mol. The minimum Gasteiger partial charge on any atom is -0.227 e. The van der Waals surface area contributed by atoms with Gasteiger partial charge in [0.15, 0.2) is 0 Å². The fourth-order valence-electron chi connectivity index (χ4n) is 3.08. The van der Waals surface area contributed by atoms with Gasteiger partial charge in [-0.1, -0.05) is 100 Å². The summed E-state index contributed by atoms with van der Waals surface area (Å²) in [5, 5.41) is 0. The highest BCUT2D eigenvalue weighted by Crippen LogP contribution is 2.55. The molecule has 0 saturated carbocycles. The van der Waals surface area contributed by atoms with Gasteiger partial charge in [0.05, 0.1) is 0 Å². The summed E-state index contributed by atoms with van der Waals surface area (Å²) in [6, 6.07) is 0. The van der Waals surface area contributed by atoms with Crippen LogP contribution in [0.3, 0.4) is 0 Å². The topological polar surface area (TPSA) is 0 Å². The van der Waals surface area contributed by atoms with Crippen molar-refractivity contribution in [2.75, 3.05) is 0 Å². The molecule has 0 amide bonds. The average molecular weight is 556 g/mol. The van der Waals surface area contributed by atoms with Gasteiger partial charge in [-0.15, -0.1) is 0 Å². The number of hydrogen-bond acceptors (Lipinski definition) is 0. The first-order chi connectivity index (χ1) is 13.2. The van der Waals surface area contributed by atoms with Gasteiger partial charge in [-0.05, 0) is 6.42 Å². The molecule has 0 fully saturated rings. The van der Waals surface area contributed by atoms with Crippen LogP contribution in [0, 0.1) is 0 Å². The molecule has 29 heavy (non-hydrogen) atoms. The molecule has 2 atom stereocenters. The highest BCUT2D eigenvalue weighted by Gasteiger charge is 2.80. The van der Waals surface area contributed by atoms with Crippen LogP contribution in [0.4, 0.5) is 39.5 Å². The molecule has 0 aromatic rings. The van der Waals surface area contributed by atoms with Gasteiger partial charge in [-0.2, -0.15) is 35.1 Å². The maximum atomic E-state index is 14.0. The van der Waals surface area contributed by atoms with Gasteiger partial charge >= 0.3 is 18.3 Å². The van der Waals surface area contributed by atoms with Gasteiger partial charge in [0, 0.05) is 10.3 Å². The van der Waals surface area contributed by atoms with E-state index in [1.807, 2.05) is 0 Å². The van der Waals surface area contributed by atoms with Gasteiger partial charge in [-0.3, -0.25) is 0 Å². The monoisotopic (exact) mass is 556 g/mol. The third-order valence-electron chi connectivity index (χ3n) is 4.93. The molecule has 0 aliphatic heterocycles. The zero-order chi connectivity index (χ0) is 22.8. The Kier molecular flexibility index (Phi) is 12.9. The van der Waals surface area contributed by atoms with Gasteiger partial charge in [0.1, 0.15) is 0 Å². The molecule has 176 valence electrons. The minimum absolute atomic E-state index is 0.0483. The smallest absolute Gasteiger partial charge is 0.227 e. The molecule has 0 nitrogen and oxygen atoms in total. The van der Waals surface area contributed by atoms with Crippen LogP contribution >= 0.6 is 22.6 Å². The lowest BCUT2D eigenvalue weighted by Gasteiger charge is -2.37. The van der Waals surface area contributed by atoms with Crippen molar-refractivity contribution in [3.8, 4) is 0 Å². The molecule has 0 aromatic carbocycles. The molecule has 0 N–H and O–H groups in total. The Morgan fingerprint density at radius 2 is 0.966 bits per heavy atom. The molecule has 0 spiro atoms. The number of rotatable bonds is 15. The number of halogens is 10. The van der Waals surface area contributed by atoms with E-state index in [1.54, 1.807) is 0 Å². The first-order valence-corrected chi connectivity index (χ1v) is 11.3. The van der Waals surface area contributed by atoms with Crippen molar-refractivity contribution in [1.82, 2.24) is 0 Å². The molecular formula is C19H30F9I. The van der Waals surface area contributed by atoms with Crippen LogP contribution in [0.2, 0.25) is 0 Å². The highest BCUT2D eigenvalue weighted by atomic mass is 127. The SMILES string of the molecule is CCCCCCCCCCCCCC(I)CC(F)(C(F)(F)F)C(F)(F)C(F)(F)F. The van der Waals surface area contributed by atoms with E-state index in [1.165, 1.54) is 48.3 Å². The maximum absolute atomic E-state index is 14.0. The van der Waals surface area contributed by atoms with Crippen molar-refractivity contribution < 1.29 is 39.5 Å². The second kappa shape index (κ2) is 12.8. The fraction of sp³-hybridized carbons (Fsp3) is 1.00. The van der Waals surface area contributed by atoms with Crippen molar-refractivity contribution in [2.24, 2.45) is 0 Å². The van der Waals surface area contributed by atoms with E-state index >= 15 is 0 Å². The zero-order valence-corrected chi connectivity index (χ0v) is 18.7. The van der Waals surface area contributed by atoms with Gasteiger partial charge in [-0.25, -0.2) is 4.39 Å². The molecule has 0 aliphatic carbocycles. The summed E-state index contributed by atoms with van der Waals surface area (Å²) < 4.78 is 115. The zero-order valence-electron chi connectivity index (χ0n) is 16.5. The number of hydrogen-bond donors (Lipinski definition) is 0. The summed E-state index contributed by atoms with van der Waals surface area (Å²) >= 11 is 1.32. The Morgan fingerprint density at radius 1 is 0.586 bits per heavy atom. The van der Waals surface area contributed by atoms with Crippen LogP contribution in [0.25, 0.3) is 0 Å². The van der Waals surface area contributed by atoms with Gasteiger partial charge in [0.25, 0.3) is 5.67 Å². The van der Waals surface area contributed by atoms with E-state index in [4.69, 9.17) is 0 Å². The average Bonchev–Trinajstić information content (AvgIpc) is 2.57. The molecule has 2 unspecified atom stereocenters. The molecule has 0 heterocycles. The Labute approximate surface area is 180 Å². The maximum Gasteiger partial charge on any atom is 0.457 e. The van der Waals surface area contributed by atoms with E-state index in [0.29, 0.717) is 12.8 Å². The molecular weight excluding hydrogens is 526 g/mol. The summed E-state index contributed by atoms with van der Waals surface area (Å²) in [6.07, 6.45) is -4.12. The van der Waals surface area contributed by atoms with Crippen molar-refractivity contribution in [1.29, 1.82) is 0 Å². The highest BCUT2D eigenvalue weighted by molar-refractivity contribution is 14.1. The summed E-state index contributed by atoms with van der Waals surface area (Å²) in [4.78, 5) is 0. The van der Waals surface area contributed by atoms with E-state index < -0.39 is 34.3 Å². The lowest BCUT2D eigenvalue weighted by Crippen LogP contribution is -2.62. The predicted octanol–water partition coefficient (Wildman–Crippen LogP) is 9.35. The van der Waals surface area contributed by atoms with Crippen LogP contribution in [-0.4, -0.2) is 27.9 Å². The molecule has 0 rings (SSSR count). The lowest BCUT2D eigenvalue weighted by molar-refractivity contribution is -0.384. The van der Waals surface area contributed by atoms with Crippen molar-refractivity contribution in [2.45, 2.75) is 118 Å². The molecule has 0 aromatic heterocycles. The van der Waals surface area contributed by atoms with E-state index in [9.17, 15) is 39.5 Å². The molecule has 0 radical (unpaired) electrons. The Morgan fingerprint density at radius 3 is 1.31 bits per heavy atom. The first-order valence-electron chi connectivity index (χ1n) is 10.0. The van der Waals surface area contributed by atoms with Crippen LogP contribution in [0.15, 0.2) is 0 Å². The van der Waals surface area contributed by atoms with Crippen molar-refractivity contribution >= 4 is 22.6 Å². The number of alkyl halides is 10. The number of unbranched alkanes of at least 4 members (excludes halogenated alkanes) is 10.